The third kappa shape index (κ3) is 4.08. The summed E-state index contributed by atoms with van der Waals surface area (Å²) in [5.41, 5.74) is 0.792. The molecule has 1 N–H and O–H groups in total. The van der Waals surface area contributed by atoms with Gasteiger partial charge in [0.05, 0.1) is 5.02 Å². The molecule has 3 heteroatoms. The predicted octanol–water partition coefficient (Wildman–Crippen LogP) is 4.33. The highest BCUT2D eigenvalue weighted by Crippen LogP contribution is 2.19. The molecule has 1 atom stereocenters. The van der Waals surface area contributed by atoms with Crippen molar-refractivity contribution in [3.05, 3.63) is 29.0 Å². The van der Waals surface area contributed by atoms with Gasteiger partial charge in [0, 0.05) is 12.2 Å². The number of benzene rings is 1. The molecule has 0 aliphatic carbocycles. The van der Waals surface area contributed by atoms with Gasteiger partial charge in [0.25, 0.3) is 0 Å². The van der Waals surface area contributed by atoms with Gasteiger partial charge < -0.3 is 5.32 Å². The van der Waals surface area contributed by atoms with Crippen molar-refractivity contribution in [1.82, 2.24) is 0 Å². The van der Waals surface area contributed by atoms with E-state index in [1.165, 1.54) is 18.9 Å². The van der Waals surface area contributed by atoms with Gasteiger partial charge in [-0.3, -0.25) is 0 Å². The summed E-state index contributed by atoms with van der Waals surface area (Å²) in [6.07, 6.45) is 2.36. The lowest BCUT2D eigenvalue weighted by molar-refractivity contribution is 0.550. The molecule has 0 aromatic heterocycles. The lowest BCUT2D eigenvalue weighted by Crippen LogP contribution is -2.10. The van der Waals surface area contributed by atoms with E-state index in [4.69, 9.17) is 11.6 Å². The molecule has 0 heterocycles. The zero-order valence-corrected chi connectivity index (χ0v) is 9.94. The van der Waals surface area contributed by atoms with Crippen LogP contribution in [0.25, 0.3) is 0 Å². The van der Waals surface area contributed by atoms with Crippen LogP contribution in [0, 0.1) is 11.7 Å². The topological polar surface area (TPSA) is 12.0 Å². The molecule has 0 aliphatic heterocycles. The van der Waals surface area contributed by atoms with E-state index in [0.29, 0.717) is 5.92 Å². The molecule has 0 amide bonds. The van der Waals surface area contributed by atoms with Gasteiger partial charge in [0.2, 0.25) is 0 Å². The fourth-order valence-corrected chi connectivity index (χ4v) is 1.61. The SMILES string of the molecule is CCCC(C)CNc1ccc(Cl)c(F)c1. The number of hydrogen-bond donors (Lipinski definition) is 1. The van der Waals surface area contributed by atoms with Gasteiger partial charge in [0.1, 0.15) is 5.82 Å². The molecular formula is C12H17ClFN. The van der Waals surface area contributed by atoms with Gasteiger partial charge in [-0.2, -0.15) is 0 Å². The van der Waals surface area contributed by atoms with E-state index in [1.54, 1.807) is 12.1 Å². The second kappa shape index (κ2) is 5.96. The Labute approximate surface area is 95.6 Å². The molecule has 0 radical (unpaired) electrons. The Kier molecular flexibility index (Phi) is 4.89. The summed E-state index contributed by atoms with van der Waals surface area (Å²) < 4.78 is 13.1. The van der Waals surface area contributed by atoms with Crippen molar-refractivity contribution >= 4 is 17.3 Å². The number of nitrogens with one attached hydrogen (secondary N) is 1. The summed E-state index contributed by atoms with van der Waals surface area (Å²) in [5.74, 6) is 0.235. The van der Waals surface area contributed by atoms with E-state index in [-0.39, 0.29) is 10.8 Å². The van der Waals surface area contributed by atoms with Crippen molar-refractivity contribution < 1.29 is 4.39 Å². The quantitative estimate of drug-likeness (QED) is 0.793. The van der Waals surface area contributed by atoms with Gasteiger partial charge in [-0.25, -0.2) is 4.39 Å². The van der Waals surface area contributed by atoms with E-state index < -0.39 is 0 Å². The molecule has 15 heavy (non-hydrogen) atoms. The minimum Gasteiger partial charge on any atom is -0.385 e. The van der Waals surface area contributed by atoms with Crippen molar-refractivity contribution in [2.45, 2.75) is 26.7 Å². The molecule has 0 spiro atoms. The van der Waals surface area contributed by atoms with Crippen LogP contribution in [0.4, 0.5) is 10.1 Å². The Morgan fingerprint density at radius 3 is 2.80 bits per heavy atom. The third-order valence-corrected chi connectivity index (χ3v) is 2.66. The van der Waals surface area contributed by atoms with Crippen LogP contribution in [0.15, 0.2) is 18.2 Å². The van der Waals surface area contributed by atoms with Gasteiger partial charge in [-0.1, -0.05) is 31.9 Å². The summed E-state index contributed by atoms with van der Waals surface area (Å²) in [4.78, 5) is 0. The Morgan fingerprint density at radius 1 is 1.47 bits per heavy atom. The summed E-state index contributed by atoms with van der Waals surface area (Å²) in [6.45, 7) is 5.22. The minimum absolute atomic E-state index is 0.169. The first-order valence-electron chi connectivity index (χ1n) is 5.32. The smallest absolute Gasteiger partial charge is 0.143 e. The lowest BCUT2D eigenvalue weighted by Gasteiger charge is -2.12. The number of rotatable bonds is 5. The molecule has 84 valence electrons. The molecule has 0 saturated heterocycles. The van der Waals surface area contributed by atoms with E-state index in [2.05, 4.69) is 19.2 Å². The maximum absolute atomic E-state index is 13.1. The van der Waals surface area contributed by atoms with Crippen LogP contribution in [-0.4, -0.2) is 6.54 Å². The summed E-state index contributed by atoms with van der Waals surface area (Å²) in [5, 5.41) is 3.37. The molecular weight excluding hydrogens is 213 g/mol. The Morgan fingerprint density at radius 2 is 2.20 bits per heavy atom. The highest BCUT2D eigenvalue weighted by atomic mass is 35.5. The molecule has 0 bridgehead atoms. The molecule has 0 fully saturated rings. The molecule has 1 unspecified atom stereocenters. The van der Waals surface area contributed by atoms with Crippen LogP contribution in [0.3, 0.4) is 0 Å². The Balaban J connectivity index is 2.47. The van der Waals surface area contributed by atoms with Gasteiger partial charge in [0.15, 0.2) is 0 Å². The molecule has 0 aliphatic rings. The normalized spacial score (nSPS) is 12.5. The second-order valence-electron chi connectivity index (χ2n) is 3.90. The first-order chi connectivity index (χ1) is 7.13. The highest BCUT2D eigenvalue weighted by Gasteiger charge is 2.03. The highest BCUT2D eigenvalue weighted by molar-refractivity contribution is 6.30. The van der Waals surface area contributed by atoms with Crippen LogP contribution in [0.2, 0.25) is 5.02 Å². The zero-order chi connectivity index (χ0) is 11.3. The average molecular weight is 230 g/mol. The molecule has 0 saturated carbocycles. The molecule has 1 aromatic carbocycles. The minimum atomic E-state index is -0.371. The van der Waals surface area contributed by atoms with Crippen LogP contribution in [0.1, 0.15) is 26.7 Å². The van der Waals surface area contributed by atoms with E-state index in [9.17, 15) is 4.39 Å². The van der Waals surface area contributed by atoms with Crippen LogP contribution < -0.4 is 5.32 Å². The fourth-order valence-electron chi connectivity index (χ4n) is 1.49. The van der Waals surface area contributed by atoms with Gasteiger partial charge in [-0.05, 0) is 30.5 Å². The second-order valence-corrected chi connectivity index (χ2v) is 4.31. The van der Waals surface area contributed by atoms with Crippen molar-refractivity contribution in [3.63, 3.8) is 0 Å². The standard InChI is InChI=1S/C12H17ClFN/c1-3-4-9(2)8-15-10-5-6-11(13)12(14)7-10/h5-7,9,15H,3-4,8H2,1-2H3. The van der Waals surface area contributed by atoms with Crippen molar-refractivity contribution in [2.75, 3.05) is 11.9 Å². The third-order valence-electron chi connectivity index (χ3n) is 2.36. The average Bonchev–Trinajstić information content (AvgIpc) is 2.20. The van der Waals surface area contributed by atoms with Crippen molar-refractivity contribution in [3.8, 4) is 0 Å². The zero-order valence-electron chi connectivity index (χ0n) is 9.19. The lowest BCUT2D eigenvalue weighted by atomic mass is 10.1. The van der Waals surface area contributed by atoms with Gasteiger partial charge in [-0.15, -0.1) is 0 Å². The maximum Gasteiger partial charge on any atom is 0.143 e. The largest absolute Gasteiger partial charge is 0.385 e. The number of halogens is 2. The van der Waals surface area contributed by atoms with Gasteiger partial charge >= 0.3 is 0 Å². The Bertz CT molecular complexity index is 314. The van der Waals surface area contributed by atoms with Crippen molar-refractivity contribution in [1.29, 1.82) is 0 Å². The summed E-state index contributed by atoms with van der Waals surface area (Å²) in [6, 6.07) is 4.80. The monoisotopic (exact) mass is 229 g/mol. The molecule has 1 rings (SSSR count). The maximum atomic E-state index is 13.1. The van der Waals surface area contributed by atoms with E-state index in [1.807, 2.05) is 0 Å². The Hall–Kier alpha value is -0.760. The number of hydrogen-bond acceptors (Lipinski definition) is 1. The van der Waals surface area contributed by atoms with Crippen LogP contribution in [0.5, 0.6) is 0 Å². The van der Waals surface area contributed by atoms with E-state index in [0.717, 1.165) is 12.2 Å². The summed E-state index contributed by atoms with van der Waals surface area (Å²) in [7, 11) is 0. The van der Waals surface area contributed by atoms with Crippen LogP contribution in [-0.2, 0) is 0 Å². The molecule has 1 nitrogen and oxygen atoms in total. The van der Waals surface area contributed by atoms with Crippen LogP contribution >= 0.6 is 11.6 Å². The number of anilines is 1. The first-order valence-corrected chi connectivity index (χ1v) is 5.70. The van der Waals surface area contributed by atoms with Crippen molar-refractivity contribution in [2.24, 2.45) is 5.92 Å². The summed E-state index contributed by atoms with van der Waals surface area (Å²) >= 11 is 5.59. The molecule has 1 aromatic rings. The van der Waals surface area contributed by atoms with E-state index >= 15 is 0 Å². The first kappa shape index (κ1) is 12.3. The predicted molar refractivity (Wildman–Crippen MR) is 64.0 cm³/mol. The fraction of sp³-hybridized carbons (Fsp3) is 0.500.